The largest absolute Gasteiger partial charge is 0.489 e. The average molecular weight is 329 g/mol. The standard InChI is InChI=1S/C17H15NO6/c1-11(19)16-14(17(20)23-2)8-13(9-15(16)18(21)22)24-10-12-6-4-3-5-7-12/h3-9H,10H2,1-2H3. The molecule has 0 unspecified atom stereocenters. The van der Waals surface area contributed by atoms with Crippen molar-refractivity contribution in [2.24, 2.45) is 0 Å². The second kappa shape index (κ2) is 7.36. The van der Waals surface area contributed by atoms with Crippen LogP contribution in [0.1, 0.15) is 33.2 Å². The molecule has 24 heavy (non-hydrogen) atoms. The van der Waals surface area contributed by atoms with Crippen LogP contribution in [0.5, 0.6) is 5.75 Å². The van der Waals surface area contributed by atoms with Crippen molar-refractivity contribution >= 4 is 17.4 Å². The summed E-state index contributed by atoms with van der Waals surface area (Å²) in [6.45, 7) is 1.32. The summed E-state index contributed by atoms with van der Waals surface area (Å²) in [5, 5.41) is 11.3. The van der Waals surface area contributed by atoms with Gasteiger partial charge in [-0.1, -0.05) is 30.3 Å². The van der Waals surface area contributed by atoms with Gasteiger partial charge in [0.25, 0.3) is 5.69 Å². The normalized spacial score (nSPS) is 10.1. The summed E-state index contributed by atoms with van der Waals surface area (Å²) in [4.78, 5) is 34.2. The van der Waals surface area contributed by atoms with Gasteiger partial charge in [0.2, 0.25) is 0 Å². The fourth-order valence-corrected chi connectivity index (χ4v) is 2.21. The molecule has 0 fully saturated rings. The van der Waals surface area contributed by atoms with Crippen LogP contribution in [0.3, 0.4) is 0 Å². The molecule has 7 heteroatoms. The molecule has 0 aliphatic rings. The quantitative estimate of drug-likeness (QED) is 0.349. The molecular weight excluding hydrogens is 314 g/mol. The molecule has 2 aromatic carbocycles. The van der Waals surface area contributed by atoms with Crippen molar-refractivity contribution in [3.05, 3.63) is 69.3 Å². The van der Waals surface area contributed by atoms with Gasteiger partial charge in [0.1, 0.15) is 17.9 Å². The number of hydrogen-bond donors (Lipinski definition) is 0. The number of carbonyl (C=O) groups excluding carboxylic acids is 2. The van der Waals surface area contributed by atoms with Gasteiger partial charge in [-0.15, -0.1) is 0 Å². The van der Waals surface area contributed by atoms with Crippen molar-refractivity contribution in [3.63, 3.8) is 0 Å². The lowest BCUT2D eigenvalue weighted by Gasteiger charge is -2.11. The minimum atomic E-state index is -0.839. The molecular formula is C17H15NO6. The van der Waals surface area contributed by atoms with E-state index in [4.69, 9.17) is 4.74 Å². The van der Waals surface area contributed by atoms with E-state index in [0.717, 1.165) is 25.7 Å². The number of benzene rings is 2. The van der Waals surface area contributed by atoms with Gasteiger partial charge in [-0.3, -0.25) is 14.9 Å². The van der Waals surface area contributed by atoms with Crippen molar-refractivity contribution in [1.82, 2.24) is 0 Å². The average Bonchev–Trinajstić information content (AvgIpc) is 2.59. The number of nitro benzene ring substituents is 1. The lowest BCUT2D eigenvalue weighted by Crippen LogP contribution is -2.12. The summed E-state index contributed by atoms with van der Waals surface area (Å²) in [5.74, 6) is -1.33. The number of Topliss-reactive ketones (excluding diaryl/α,β-unsaturated/α-hetero) is 1. The zero-order valence-electron chi connectivity index (χ0n) is 13.1. The van der Waals surface area contributed by atoms with Crippen LogP contribution in [-0.4, -0.2) is 23.8 Å². The van der Waals surface area contributed by atoms with Crippen molar-refractivity contribution in [2.45, 2.75) is 13.5 Å². The molecule has 0 saturated carbocycles. The highest BCUT2D eigenvalue weighted by Gasteiger charge is 2.27. The van der Waals surface area contributed by atoms with Crippen LogP contribution in [0.2, 0.25) is 0 Å². The summed E-state index contributed by atoms with van der Waals surface area (Å²) < 4.78 is 10.1. The van der Waals surface area contributed by atoms with Gasteiger partial charge in [0, 0.05) is 0 Å². The number of nitrogens with zero attached hydrogens (tertiary/aromatic N) is 1. The number of nitro groups is 1. The molecule has 2 rings (SSSR count). The summed E-state index contributed by atoms with van der Waals surface area (Å²) in [5.41, 5.74) is -0.120. The predicted molar refractivity (Wildman–Crippen MR) is 85.2 cm³/mol. The minimum Gasteiger partial charge on any atom is -0.489 e. The van der Waals surface area contributed by atoms with E-state index in [9.17, 15) is 19.7 Å². The molecule has 0 radical (unpaired) electrons. The van der Waals surface area contributed by atoms with E-state index in [2.05, 4.69) is 4.74 Å². The van der Waals surface area contributed by atoms with Gasteiger partial charge >= 0.3 is 5.97 Å². The Balaban J connectivity index is 2.45. The van der Waals surface area contributed by atoms with E-state index in [1.165, 1.54) is 6.07 Å². The molecule has 0 aromatic heterocycles. The van der Waals surface area contributed by atoms with Gasteiger partial charge in [-0.2, -0.15) is 0 Å². The van der Waals surface area contributed by atoms with E-state index in [-0.39, 0.29) is 23.5 Å². The maximum atomic E-state index is 11.9. The van der Waals surface area contributed by atoms with Crippen LogP contribution in [-0.2, 0) is 11.3 Å². The van der Waals surface area contributed by atoms with Crippen LogP contribution in [0.25, 0.3) is 0 Å². The number of hydrogen-bond acceptors (Lipinski definition) is 6. The highest BCUT2D eigenvalue weighted by Crippen LogP contribution is 2.30. The maximum Gasteiger partial charge on any atom is 0.338 e. The van der Waals surface area contributed by atoms with Gasteiger partial charge in [0.15, 0.2) is 5.78 Å². The first-order valence-corrected chi connectivity index (χ1v) is 7.02. The summed E-state index contributed by atoms with van der Waals surface area (Å²) in [7, 11) is 1.13. The van der Waals surface area contributed by atoms with Crippen molar-refractivity contribution in [2.75, 3.05) is 7.11 Å². The molecule has 0 amide bonds. The fraction of sp³-hybridized carbons (Fsp3) is 0.176. The first-order valence-electron chi connectivity index (χ1n) is 7.02. The SMILES string of the molecule is COC(=O)c1cc(OCc2ccccc2)cc([N+](=O)[O-])c1C(C)=O. The van der Waals surface area contributed by atoms with E-state index in [0.29, 0.717) is 0 Å². The van der Waals surface area contributed by atoms with Crippen molar-refractivity contribution in [3.8, 4) is 5.75 Å². The van der Waals surface area contributed by atoms with Crippen LogP contribution in [0, 0.1) is 10.1 Å². The topological polar surface area (TPSA) is 95.7 Å². The third kappa shape index (κ3) is 3.75. The molecule has 0 spiro atoms. The number of rotatable bonds is 6. The smallest absolute Gasteiger partial charge is 0.338 e. The van der Waals surface area contributed by atoms with Crippen LogP contribution < -0.4 is 4.74 Å². The monoisotopic (exact) mass is 329 g/mol. The summed E-state index contributed by atoms with van der Waals surface area (Å²) >= 11 is 0. The second-order valence-corrected chi connectivity index (χ2v) is 4.94. The van der Waals surface area contributed by atoms with E-state index >= 15 is 0 Å². The first-order chi connectivity index (χ1) is 11.4. The Labute approximate surface area is 138 Å². The van der Waals surface area contributed by atoms with E-state index in [1.807, 2.05) is 30.3 Å². The zero-order chi connectivity index (χ0) is 17.7. The molecule has 0 bridgehead atoms. The number of methoxy groups -OCH3 is 1. The summed E-state index contributed by atoms with van der Waals surface area (Å²) in [6, 6.07) is 11.6. The minimum absolute atomic E-state index is 0.107. The number of ketones is 1. The Kier molecular flexibility index (Phi) is 5.26. The molecule has 0 N–H and O–H groups in total. The zero-order valence-corrected chi connectivity index (χ0v) is 13.1. The van der Waals surface area contributed by atoms with Crippen LogP contribution >= 0.6 is 0 Å². The first kappa shape index (κ1) is 17.1. The van der Waals surface area contributed by atoms with E-state index in [1.54, 1.807) is 0 Å². The number of ether oxygens (including phenoxy) is 2. The maximum absolute atomic E-state index is 11.9. The Bertz CT molecular complexity index is 785. The third-order valence-corrected chi connectivity index (χ3v) is 3.29. The Morgan fingerprint density at radius 3 is 2.38 bits per heavy atom. The summed E-state index contributed by atoms with van der Waals surface area (Å²) in [6.07, 6.45) is 0. The molecule has 0 saturated heterocycles. The highest BCUT2D eigenvalue weighted by molar-refractivity contribution is 6.08. The van der Waals surface area contributed by atoms with Crippen LogP contribution in [0.15, 0.2) is 42.5 Å². The number of carbonyl (C=O) groups is 2. The van der Waals surface area contributed by atoms with Crippen LogP contribution in [0.4, 0.5) is 5.69 Å². The molecule has 2 aromatic rings. The Morgan fingerprint density at radius 2 is 1.83 bits per heavy atom. The lowest BCUT2D eigenvalue weighted by molar-refractivity contribution is -0.385. The van der Waals surface area contributed by atoms with Crippen molar-refractivity contribution < 1.29 is 24.0 Å². The lowest BCUT2D eigenvalue weighted by atomic mass is 10.0. The Hall–Kier alpha value is -3.22. The van der Waals surface area contributed by atoms with Gasteiger partial charge in [-0.25, -0.2) is 4.79 Å². The van der Waals surface area contributed by atoms with Gasteiger partial charge in [0.05, 0.1) is 23.7 Å². The molecule has 0 heterocycles. The molecule has 0 atom stereocenters. The van der Waals surface area contributed by atoms with Gasteiger partial charge < -0.3 is 9.47 Å². The fourth-order valence-electron chi connectivity index (χ4n) is 2.21. The molecule has 124 valence electrons. The third-order valence-electron chi connectivity index (χ3n) is 3.29. The predicted octanol–water partition coefficient (Wildman–Crippen LogP) is 3.16. The van der Waals surface area contributed by atoms with Gasteiger partial charge in [-0.05, 0) is 18.6 Å². The van der Waals surface area contributed by atoms with Crippen molar-refractivity contribution in [1.29, 1.82) is 0 Å². The Morgan fingerprint density at radius 1 is 1.17 bits per heavy atom. The number of esters is 1. The second-order valence-electron chi connectivity index (χ2n) is 4.94. The molecule has 7 nitrogen and oxygen atoms in total. The molecule has 0 aliphatic heterocycles. The highest BCUT2D eigenvalue weighted by atomic mass is 16.6. The molecule has 0 aliphatic carbocycles. The van der Waals surface area contributed by atoms with E-state index < -0.39 is 22.4 Å².